The normalized spacial score (nSPS) is 14.8. The molecule has 4 aromatic rings. The summed E-state index contributed by atoms with van der Waals surface area (Å²) in [5.41, 5.74) is 4.62. The molecule has 0 radical (unpaired) electrons. The molecule has 0 aliphatic carbocycles. The number of methoxy groups -OCH3 is 2. The quantitative estimate of drug-likeness (QED) is 0.240. The van der Waals surface area contributed by atoms with E-state index < -0.39 is 6.04 Å². The Morgan fingerprint density at radius 1 is 0.955 bits per heavy atom. The topological polar surface area (TPSA) is 102 Å². The van der Waals surface area contributed by atoms with Gasteiger partial charge < -0.3 is 39.8 Å². The van der Waals surface area contributed by atoms with Crippen LogP contribution >= 0.6 is 0 Å². The molecule has 0 unspecified atom stereocenters. The number of fused-ring (bicyclic) bond motifs is 1. The van der Waals surface area contributed by atoms with Crippen LogP contribution in [0.4, 0.5) is 16.2 Å². The van der Waals surface area contributed by atoms with Gasteiger partial charge in [0.2, 0.25) is 5.91 Å². The highest BCUT2D eigenvalue weighted by molar-refractivity contribution is 5.99. The third kappa shape index (κ3) is 6.92. The monoisotopic (exact) mass is 598 g/mol. The van der Waals surface area contributed by atoms with Crippen molar-refractivity contribution in [3.8, 4) is 11.5 Å². The van der Waals surface area contributed by atoms with Crippen molar-refractivity contribution in [2.75, 3.05) is 64.7 Å². The molecular weight excluding hydrogens is 556 g/mol. The van der Waals surface area contributed by atoms with Crippen molar-refractivity contribution in [3.63, 3.8) is 0 Å². The number of H-pyrrole nitrogens is 1. The number of nitrogens with zero attached hydrogens (tertiary/aromatic N) is 3. The summed E-state index contributed by atoms with van der Waals surface area (Å²) >= 11 is 0. The van der Waals surface area contributed by atoms with Crippen LogP contribution in [0.2, 0.25) is 0 Å². The van der Waals surface area contributed by atoms with Gasteiger partial charge in [0.25, 0.3) is 0 Å². The summed E-state index contributed by atoms with van der Waals surface area (Å²) < 4.78 is 10.9. The van der Waals surface area contributed by atoms with Gasteiger partial charge >= 0.3 is 6.03 Å². The molecule has 1 aliphatic rings. The summed E-state index contributed by atoms with van der Waals surface area (Å²) in [6, 6.07) is 20.6. The second-order valence-electron chi connectivity index (χ2n) is 11.4. The van der Waals surface area contributed by atoms with Gasteiger partial charge in [-0.05, 0) is 67.7 Å². The fraction of sp³-hybridized carbons (Fsp3) is 0.353. The largest absolute Gasteiger partial charge is 0.497 e. The number of carbonyl (C=O) groups is 2. The number of piperazine rings is 1. The number of benzene rings is 3. The van der Waals surface area contributed by atoms with Crippen molar-refractivity contribution in [1.29, 1.82) is 0 Å². The number of hydrogen-bond donors (Lipinski definition) is 3. The molecule has 2 atom stereocenters. The summed E-state index contributed by atoms with van der Waals surface area (Å²) in [4.78, 5) is 37.1. The summed E-state index contributed by atoms with van der Waals surface area (Å²) in [6.45, 7) is 5.12. The highest BCUT2D eigenvalue weighted by Crippen LogP contribution is 2.31. The van der Waals surface area contributed by atoms with E-state index in [1.807, 2.05) is 93.9 Å². The SMILES string of the molecule is COc1ccc(N2CCN(C(=O)N[C@@H](C(=O)Nc3cc(CN(C)C)ccc3OC)[C@@H](C)c3c[nH]c4ccccc34)CC2)cc1. The van der Waals surface area contributed by atoms with Crippen LogP contribution < -0.4 is 25.0 Å². The van der Waals surface area contributed by atoms with Crippen molar-refractivity contribution in [2.24, 2.45) is 0 Å². The number of anilines is 2. The van der Waals surface area contributed by atoms with E-state index in [0.29, 0.717) is 44.2 Å². The molecule has 232 valence electrons. The van der Waals surface area contributed by atoms with Gasteiger partial charge in [0.1, 0.15) is 17.5 Å². The van der Waals surface area contributed by atoms with Gasteiger partial charge in [-0.25, -0.2) is 4.79 Å². The predicted octanol–water partition coefficient (Wildman–Crippen LogP) is 4.89. The summed E-state index contributed by atoms with van der Waals surface area (Å²) in [6.07, 6.45) is 1.92. The number of hydrogen-bond acceptors (Lipinski definition) is 6. The molecule has 10 heteroatoms. The number of aromatic nitrogens is 1. The van der Waals surface area contributed by atoms with Crippen LogP contribution in [0.15, 0.2) is 72.9 Å². The second kappa shape index (κ2) is 13.7. The lowest BCUT2D eigenvalue weighted by Gasteiger charge is -2.37. The first kappa shape index (κ1) is 30.7. The average molecular weight is 599 g/mol. The maximum atomic E-state index is 14.1. The molecule has 3 N–H and O–H groups in total. The maximum Gasteiger partial charge on any atom is 0.318 e. The third-order valence-electron chi connectivity index (χ3n) is 8.20. The minimum atomic E-state index is -0.844. The van der Waals surface area contributed by atoms with Gasteiger partial charge in [0.15, 0.2) is 0 Å². The molecule has 1 aliphatic heterocycles. The van der Waals surface area contributed by atoms with Gasteiger partial charge in [0.05, 0.1) is 19.9 Å². The third-order valence-corrected chi connectivity index (χ3v) is 8.20. The molecule has 10 nitrogen and oxygen atoms in total. The van der Waals surface area contributed by atoms with Crippen molar-refractivity contribution >= 4 is 34.2 Å². The fourth-order valence-electron chi connectivity index (χ4n) is 5.78. The lowest BCUT2D eigenvalue weighted by Crippen LogP contribution is -2.56. The van der Waals surface area contributed by atoms with Crippen LogP contribution in [-0.4, -0.2) is 87.3 Å². The second-order valence-corrected chi connectivity index (χ2v) is 11.4. The highest BCUT2D eigenvalue weighted by Gasteiger charge is 2.32. The van der Waals surface area contributed by atoms with Gasteiger partial charge in [-0.1, -0.05) is 31.2 Å². The predicted molar refractivity (Wildman–Crippen MR) is 175 cm³/mol. The Balaban J connectivity index is 1.35. The van der Waals surface area contributed by atoms with Crippen LogP contribution in [0.5, 0.6) is 11.5 Å². The highest BCUT2D eigenvalue weighted by atomic mass is 16.5. The van der Waals surface area contributed by atoms with Crippen molar-refractivity contribution in [3.05, 3.63) is 84.1 Å². The minimum Gasteiger partial charge on any atom is -0.497 e. The molecule has 3 amide bonds. The average Bonchev–Trinajstić information content (AvgIpc) is 3.47. The minimum absolute atomic E-state index is 0.264. The Bertz CT molecular complexity index is 1580. The smallest absolute Gasteiger partial charge is 0.318 e. The first-order chi connectivity index (χ1) is 21.3. The van der Waals surface area contributed by atoms with Gasteiger partial charge in [-0.15, -0.1) is 0 Å². The molecule has 3 aromatic carbocycles. The number of aromatic amines is 1. The molecule has 1 fully saturated rings. The van der Waals surface area contributed by atoms with E-state index in [0.717, 1.165) is 33.5 Å². The first-order valence-corrected chi connectivity index (χ1v) is 14.9. The number of urea groups is 1. The molecule has 0 saturated carbocycles. The van der Waals surface area contributed by atoms with Gasteiger partial charge in [-0.2, -0.15) is 0 Å². The lowest BCUT2D eigenvalue weighted by atomic mass is 9.92. The number of carbonyl (C=O) groups excluding carboxylic acids is 2. The zero-order chi connectivity index (χ0) is 31.2. The zero-order valence-corrected chi connectivity index (χ0v) is 26.1. The molecule has 1 aromatic heterocycles. The van der Waals surface area contributed by atoms with E-state index in [2.05, 4.69) is 25.4 Å². The number of nitrogens with one attached hydrogen (secondary N) is 3. The molecule has 2 heterocycles. The van der Waals surface area contributed by atoms with Gasteiger partial charge in [0, 0.05) is 61.4 Å². The van der Waals surface area contributed by atoms with Crippen molar-refractivity contribution < 1.29 is 19.1 Å². The fourth-order valence-corrected chi connectivity index (χ4v) is 5.78. The Labute approximate surface area is 258 Å². The first-order valence-electron chi connectivity index (χ1n) is 14.9. The molecule has 1 saturated heterocycles. The van der Waals surface area contributed by atoms with Crippen LogP contribution in [-0.2, 0) is 11.3 Å². The molecule has 5 rings (SSSR count). The lowest BCUT2D eigenvalue weighted by molar-refractivity contribution is -0.118. The summed E-state index contributed by atoms with van der Waals surface area (Å²) in [7, 11) is 7.22. The summed E-state index contributed by atoms with van der Waals surface area (Å²) in [5, 5.41) is 7.18. The van der Waals surface area contributed by atoms with Crippen molar-refractivity contribution in [1.82, 2.24) is 20.1 Å². The Morgan fingerprint density at radius 2 is 1.68 bits per heavy atom. The van der Waals surface area contributed by atoms with E-state index in [1.54, 1.807) is 19.1 Å². The number of rotatable bonds is 10. The van der Waals surface area contributed by atoms with Crippen molar-refractivity contribution in [2.45, 2.75) is 25.4 Å². The molecule has 0 bridgehead atoms. The number of ether oxygens (including phenoxy) is 2. The maximum absolute atomic E-state index is 14.1. The van der Waals surface area contributed by atoms with E-state index in [1.165, 1.54) is 0 Å². The molecular formula is C34H42N6O4. The standard InChI is InChI=1S/C34H42N6O4/c1-23(28-21-35-29-9-7-6-8-27(28)29)32(33(41)36-30-20-24(22-38(2)3)10-15-31(30)44-5)37-34(42)40-18-16-39(17-19-40)25-11-13-26(43-4)14-12-25/h6-15,20-21,23,32,35H,16-19,22H2,1-5H3,(H,36,41)(H,37,42)/t23-,32+/m0/s1. The van der Waals surface area contributed by atoms with Crippen LogP contribution in [0.1, 0.15) is 24.0 Å². The van der Waals surface area contributed by atoms with Gasteiger partial charge in [-0.3, -0.25) is 4.79 Å². The molecule has 0 spiro atoms. The Morgan fingerprint density at radius 3 is 2.36 bits per heavy atom. The number of para-hydroxylation sites is 1. The van der Waals surface area contributed by atoms with Crippen LogP contribution in [0.25, 0.3) is 10.9 Å². The van der Waals surface area contributed by atoms with E-state index >= 15 is 0 Å². The molecule has 44 heavy (non-hydrogen) atoms. The van der Waals surface area contributed by atoms with E-state index in [4.69, 9.17) is 9.47 Å². The zero-order valence-electron chi connectivity index (χ0n) is 26.1. The number of amides is 3. The van der Waals surface area contributed by atoms with Crippen LogP contribution in [0.3, 0.4) is 0 Å². The van der Waals surface area contributed by atoms with E-state index in [-0.39, 0.29) is 17.9 Å². The van der Waals surface area contributed by atoms with E-state index in [9.17, 15) is 9.59 Å². The summed E-state index contributed by atoms with van der Waals surface area (Å²) in [5.74, 6) is 0.725. The Hall–Kier alpha value is -4.70. The Kier molecular flexibility index (Phi) is 9.59. The van der Waals surface area contributed by atoms with Crippen LogP contribution in [0, 0.1) is 0 Å².